The van der Waals surface area contributed by atoms with Crippen molar-refractivity contribution in [1.82, 2.24) is 0 Å². The molecule has 0 heterocycles. The number of hydrogen-bond acceptors (Lipinski definition) is 9. The van der Waals surface area contributed by atoms with E-state index < -0.39 is 23.3 Å². The summed E-state index contributed by atoms with van der Waals surface area (Å²) in [5, 5.41) is 26.2. The first-order valence-electron chi connectivity index (χ1n) is 8.66. The highest BCUT2D eigenvalue weighted by molar-refractivity contribution is 5.70. The van der Waals surface area contributed by atoms with Crippen LogP contribution in [0.4, 0.5) is 0 Å². The molecule has 26 heavy (non-hydrogen) atoms. The highest BCUT2D eigenvalue weighted by atomic mass is 16.6. The molecule has 0 aromatic rings. The van der Waals surface area contributed by atoms with Gasteiger partial charge in [0, 0.05) is 39.1 Å². The number of esters is 3. The molecule has 0 aliphatic heterocycles. The predicted molar refractivity (Wildman–Crippen MR) is 89.9 cm³/mol. The van der Waals surface area contributed by atoms with E-state index in [0.717, 1.165) is 0 Å². The maximum absolute atomic E-state index is 11.6. The van der Waals surface area contributed by atoms with Gasteiger partial charge in [-0.05, 0) is 26.2 Å². The van der Waals surface area contributed by atoms with Gasteiger partial charge in [-0.2, -0.15) is 0 Å². The van der Waals surface area contributed by atoms with Crippen LogP contribution in [0.5, 0.6) is 0 Å². The Morgan fingerprint density at radius 2 is 0.923 bits per heavy atom. The van der Waals surface area contributed by atoms with Crippen LogP contribution in [-0.4, -0.2) is 72.9 Å². The van der Waals surface area contributed by atoms with E-state index in [2.05, 4.69) is 0 Å². The quantitative estimate of drug-likeness (QED) is 0.264. The third-order valence-corrected chi connectivity index (χ3v) is 3.36. The van der Waals surface area contributed by atoms with E-state index in [1.165, 1.54) is 0 Å². The molecule has 0 saturated carbocycles. The summed E-state index contributed by atoms with van der Waals surface area (Å²) in [5.74, 6) is -1.53. The normalized spacial score (nSPS) is 11.1. The van der Waals surface area contributed by atoms with Crippen LogP contribution < -0.4 is 0 Å². The minimum absolute atomic E-state index is 0.0547. The summed E-state index contributed by atoms with van der Waals surface area (Å²) in [6.07, 6.45) is 1.00. The lowest BCUT2D eigenvalue weighted by molar-refractivity contribution is -0.161. The zero-order valence-corrected chi connectivity index (χ0v) is 15.3. The second-order valence-corrected chi connectivity index (χ2v) is 6.27. The average molecular weight is 378 g/mol. The smallest absolute Gasteiger partial charge is 0.305 e. The van der Waals surface area contributed by atoms with Gasteiger partial charge in [0.05, 0.1) is 5.41 Å². The van der Waals surface area contributed by atoms with Crippen LogP contribution in [-0.2, 0) is 28.6 Å². The van der Waals surface area contributed by atoms with Crippen molar-refractivity contribution >= 4 is 17.9 Å². The van der Waals surface area contributed by atoms with Crippen molar-refractivity contribution < 1.29 is 43.9 Å². The van der Waals surface area contributed by atoms with E-state index in [1.54, 1.807) is 6.92 Å². The molecule has 0 bridgehead atoms. The lowest BCUT2D eigenvalue weighted by Gasteiger charge is -2.28. The Labute approximate surface area is 153 Å². The van der Waals surface area contributed by atoms with Crippen LogP contribution >= 0.6 is 0 Å². The third kappa shape index (κ3) is 12.6. The number of aliphatic hydroxyl groups excluding tert-OH is 3. The van der Waals surface area contributed by atoms with Gasteiger partial charge in [-0.15, -0.1) is 0 Å². The largest absolute Gasteiger partial charge is 0.465 e. The molecule has 0 radical (unpaired) electrons. The first kappa shape index (κ1) is 24.3. The van der Waals surface area contributed by atoms with Gasteiger partial charge in [0.15, 0.2) is 0 Å². The number of carbonyl (C=O) groups excluding carboxylic acids is 3. The summed E-state index contributed by atoms with van der Waals surface area (Å²) >= 11 is 0. The lowest BCUT2D eigenvalue weighted by atomic mass is 9.94. The van der Waals surface area contributed by atoms with E-state index in [1.807, 2.05) is 0 Å². The Hall–Kier alpha value is -1.71. The second kappa shape index (κ2) is 14.5. The fourth-order valence-electron chi connectivity index (χ4n) is 1.78. The fourth-order valence-corrected chi connectivity index (χ4v) is 1.78. The first-order valence-corrected chi connectivity index (χ1v) is 8.66. The van der Waals surface area contributed by atoms with Crippen LogP contribution in [0.3, 0.4) is 0 Å². The predicted octanol–water partition coefficient (Wildman–Crippen LogP) is -0.0602. The van der Waals surface area contributed by atoms with Crippen LogP contribution in [0.1, 0.15) is 45.4 Å². The van der Waals surface area contributed by atoms with Crippen LogP contribution in [0.2, 0.25) is 0 Å². The molecule has 0 aromatic carbocycles. The fraction of sp³-hybridized carbons (Fsp3) is 0.824. The SMILES string of the molecule is CC(COC(=O)CCCO)(COC(=O)CCCO)COC(=O)CCCO. The Bertz CT molecular complexity index is 363. The molecule has 0 spiro atoms. The summed E-state index contributed by atoms with van der Waals surface area (Å²) in [6.45, 7) is 0.879. The molecule has 0 rings (SSSR count). The summed E-state index contributed by atoms with van der Waals surface area (Å²) in [7, 11) is 0. The molecule has 0 unspecified atom stereocenters. The van der Waals surface area contributed by atoms with E-state index in [-0.39, 0.29) is 78.2 Å². The van der Waals surface area contributed by atoms with Gasteiger partial charge >= 0.3 is 17.9 Å². The molecule has 0 atom stereocenters. The first-order chi connectivity index (χ1) is 12.4. The highest BCUT2D eigenvalue weighted by Crippen LogP contribution is 2.20. The molecule has 3 N–H and O–H groups in total. The molecule has 9 heteroatoms. The molecule has 0 aromatic heterocycles. The van der Waals surface area contributed by atoms with E-state index in [0.29, 0.717) is 0 Å². The minimum Gasteiger partial charge on any atom is -0.465 e. The molecule has 0 aliphatic rings. The molecule has 0 aliphatic carbocycles. The summed E-state index contributed by atoms with van der Waals surface area (Å²) in [5.41, 5.74) is -0.932. The van der Waals surface area contributed by atoms with Crippen molar-refractivity contribution in [3.05, 3.63) is 0 Å². The molecule has 152 valence electrons. The average Bonchev–Trinajstić information content (AvgIpc) is 2.64. The van der Waals surface area contributed by atoms with Crippen molar-refractivity contribution in [2.75, 3.05) is 39.6 Å². The molecule has 0 fully saturated rings. The summed E-state index contributed by atoms with van der Waals surface area (Å²) in [4.78, 5) is 34.8. The number of rotatable bonds is 15. The topological polar surface area (TPSA) is 140 Å². The molecule has 0 amide bonds. The van der Waals surface area contributed by atoms with Crippen molar-refractivity contribution in [3.8, 4) is 0 Å². The van der Waals surface area contributed by atoms with Gasteiger partial charge in [0.1, 0.15) is 19.8 Å². The van der Waals surface area contributed by atoms with E-state index in [4.69, 9.17) is 29.5 Å². The van der Waals surface area contributed by atoms with Gasteiger partial charge in [0.25, 0.3) is 0 Å². The van der Waals surface area contributed by atoms with Gasteiger partial charge < -0.3 is 29.5 Å². The van der Waals surface area contributed by atoms with Crippen molar-refractivity contribution in [1.29, 1.82) is 0 Å². The molecule has 0 saturated heterocycles. The monoisotopic (exact) mass is 378 g/mol. The maximum Gasteiger partial charge on any atom is 0.305 e. The number of hydrogen-bond donors (Lipinski definition) is 3. The number of carbonyl (C=O) groups is 3. The Morgan fingerprint density at radius 3 is 1.15 bits per heavy atom. The lowest BCUT2D eigenvalue weighted by Crippen LogP contribution is -2.37. The molecular formula is C17H30O9. The van der Waals surface area contributed by atoms with Gasteiger partial charge in [0.2, 0.25) is 0 Å². The Balaban J connectivity index is 4.60. The second-order valence-electron chi connectivity index (χ2n) is 6.27. The van der Waals surface area contributed by atoms with E-state index >= 15 is 0 Å². The van der Waals surface area contributed by atoms with Gasteiger partial charge in [-0.25, -0.2) is 0 Å². The molecular weight excluding hydrogens is 348 g/mol. The summed E-state index contributed by atoms with van der Waals surface area (Å²) < 4.78 is 15.4. The maximum atomic E-state index is 11.6. The Morgan fingerprint density at radius 1 is 0.654 bits per heavy atom. The van der Waals surface area contributed by atoms with Crippen LogP contribution in [0.25, 0.3) is 0 Å². The van der Waals surface area contributed by atoms with Crippen molar-refractivity contribution in [3.63, 3.8) is 0 Å². The molecule has 9 nitrogen and oxygen atoms in total. The standard InChI is InChI=1S/C17H30O9/c1-17(11-24-14(21)5-2-8-18,12-25-15(22)6-3-9-19)13-26-16(23)7-4-10-20/h18-20H,2-13H2,1H3. The van der Waals surface area contributed by atoms with E-state index in [9.17, 15) is 14.4 Å². The number of ether oxygens (including phenoxy) is 3. The Kier molecular flexibility index (Phi) is 13.5. The van der Waals surface area contributed by atoms with Crippen molar-refractivity contribution in [2.45, 2.75) is 45.4 Å². The third-order valence-electron chi connectivity index (χ3n) is 3.36. The van der Waals surface area contributed by atoms with Crippen LogP contribution in [0, 0.1) is 5.41 Å². The number of aliphatic hydroxyl groups is 3. The van der Waals surface area contributed by atoms with Gasteiger partial charge in [-0.1, -0.05) is 0 Å². The highest BCUT2D eigenvalue weighted by Gasteiger charge is 2.30. The van der Waals surface area contributed by atoms with Crippen molar-refractivity contribution in [2.24, 2.45) is 5.41 Å². The zero-order valence-electron chi connectivity index (χ0n) is 15.3. The summed E-state index contributed by atoms with van der Waals surface area (Å²) in [6, 6.07) is 0. The van der Waals surface area contributed by atoms with Gasteiger partial charge in [-0.3, -0.25) is 14.4 Å². The minimum atomic E-state index is -0.932. The van der Waals surface area contributed by atoms with Crippen LogP contribution in [0.15, 0.2) is 0 Å². The zero-order chi connectivity index (χ0) is 19.8.